The van der Waals surface area contributed by atoms with Crippen LogP contribution >= 0.6 is 23.2 Å². The van der Waals surface area contributed by atoms with E-state index in [4.69, 9.17) is 23.2 Å². The van der Waals surface area contributed by atoms with Crippen molar-refractivity contribution in [2.24, 2.45) is 11.8 Å². The third-order valence-corrected chi connectivity index (χ3v) is 4.20. The van der Waals surface area contributed by atoms with E-state index in [1.54, 1.807) is 0 Å². The molecule has 2 atom stereocenters. The summed E-state index contributed by atoms with van der Waals surface area (Å²) in [6.07, 6.45) is 5.30. The first-order chi connectivity index (χ1) is 7.75. The van der Waals surface area contributed by atoms with Crippen LogP contribution in [-0.2, 0) is 0 Å². The Balaban J connectivity index is 1.95. The highest BCUT2D eigenvalue weighted by Crippen LogP contribution is 2.40. The summed E-state index contributed by atoms with van der Waals surface area (Å²) in [6, 6.07) is 1.92. The quantitative estimate of drug-likeness (QED) is 0.780. The van der Waals surface area contributed by atoms with Crippen molar-refractivity contribution in [2.75, 3.05) is 13.1 Å². The molecule has 1 aromatic rings. The Bertz CT molecular complexity index is 456. The lowest BCUT2D eigenvalue weighted by molar-refractivity contribution is 0.542. The zero-order valence-corrected chi connectivity index (χ0v) is 10.2. The van der Waals surface area contributed by atoms with Gasteiger partial charge in [-0.15, -0.1) is 0 Å². The molecule has 16 heavy (non-hydrogen) atoms. The number of nitrogens with zero attached hydrogens (tertiary/aromatic N) is 1. The molecule has 0 radical (unpaired) electrons. The Morgan fingerprint density at radius 2 is 2.19 bits per heavy atom. The van der Waals surface area contributed by atoms with Crippen molar-refractivity contribution >= 4 is 28.8 Å². The maximum Gasteiger partial charge on any atom is 0.147 e. The van der Waals surface area contributed by atoms with Crippen LogP contribution in [0.1, 0.15) is 12.0 Å². The molecule has 0 bridgehead atoms. The molecule has 1 fully saturated rings. The standard InChI is InChI=1S/C12H12Cl2N2/c13-11-3-8(5-16-12(11)14)9-2-1-7-4-15-6-10(7)9/h2-3,5,7,10,15H,1,4,6H2. The molecule has 0 spiro atoms. The van der Waals surface area contributed by atoms with Crippen LogP contribution in [0.2, 0.25) is 10.2 Å². The zero-order chi connectivity index (χ0) is 11.1. The van der Waals surface area contributed by atoms with Gasteiger partial charge >= 0.3 is 0 Å². The van der Waals surface area contributed by atoms with Gasteiger partial charge in [0.25, 0.3) is 0 Å². The maximum absolute atomic E-state index is 6.00. The number of allylic oxidation sites excluding steroid dienone is 1. The molecular weight excluding hydrogens is 243 g/mol. The van der Waals surface area contributed by atoms with Gasteiger partial charge in [-0.25, -0.2) is 4.98 Å². The number of nitrogens with one attached hydrogen (secondary N) is 1. The lowest BCUT2D eigenvalue weighted by Crippen LogP contribution is -2.10. The topological polar surface area (TPSA) is 24.9 Å². The largest absolute Gasteiger partial charge is 0.316 e. The van der Waals surface area contributed by atoms with Gasteiger partial charge < -0.3 is 5.32 Å². The van der Waals surface area contributed by atoms with Crippen molar-refractivity contribution in [1.82, 2.24) is 10.3 Å². The SMILES string of the molecule is Clc1cc(C2=CCC3CNCC23)cnc1Cl. The molecule has 2 heterocycles. The molecule has 2 nitrogen and oxygen atoms in total. The number of halogens is 2. The first-order valence-corrected chi connectivity index (χ1v) is 6.23. The molecule has 0 aromatic carbocycles. The Labute approximate surface area is 105 Å². The molecule has 0 saturated carbocycles. The Morgan fingerprint density at radius 3 is 3.00 bits per heavy atom. The summed E-state index contributed by atoms with van der Waals surface area (Å²) in [5.41, 5.74) is 2.49. The second-order valence-electron chi connectivity index (χ2n) is 4.42. The van der Waals surface area contributed by atoms with Gasteiger partial charge in [-0.05, 0) is 36.1 Å². The third-order valence-electron chi connectivity index (χ3n) is 3.51. The molecule has 1 aromatic heterocycles. The summed E-state index contributed by atoms with van der Waals surface area (Å²) < 4.78 is 0. The van der Waals surface area contributed by atoms with E-state index in [-0.39, 0.29) is 0 Å². The second-order valence-corrected chi connectivity index (χ2v) is 5.18. The molecule has 1 N–H and O–H groups in total. The van der Waals surface area contributed by atoms with E-state index in [2.05, 4.69) is 16.4 Å². The zero-order valence-electron chi connectivity index (χ0n) is 8.71. The van der Waals surface area contributed by atoms with Gasteiger partial charge in [0.15, 0.2) is 0 Å². The molecule has 2 aliphatic rings. The van der Waals surface area contributed by atoms with Crippen molar-refractivity contribution in [1.29, 1.82) is 0 Å². The number of fused-ring (bicyclic) bond motifs is 1. The van der Waals surface area contributed by atoms with E-state index in [9.17, 15) is 0 Å². The number of pyridine rings is 1. The van der Waals surface area contributed by atoms with Crippen LogP contribution in [0.4, 0.5) is 0 Å². The van der Waals surface area contributed by atoms with Gasteiger partial charge in [0.1, 0.15) is 5.15 Å². The fraction of sp³-hybridized carbons (Fsp3) is 0.417. The highest BCUT2D eigenvalue weighted by atomic mass is 35.5. The minimum absolute atomic E-state index is 0.380. The normalized spacial score (nSPS) is 28.0. The summed E-state index contributed by atoms with van der Waals surface area (Å²) in [6.45, 7) is 2.19. The van der Waals surface area contributed by atoms with Crippen molar-refractivity contribution in [3.63, 3.8) is 0 Å². The average Bonchev–Trinajstić information content (AvgIpc) is 2.83. The number of hydrogen-bond acceptors (Lipinski definition) is 2. The molecule has 1 aliphatic heterocycles. The maximum atomic E-state index is 6.00. The minimum Gasteiger partial charge on any atom is -0.316 e. The van der Waals surface area contributed by atoms with Gasteiger partial charge in [-0.3, -0.25) is 0 Å². The summed E-state index contributed by atoms with van der Waals surface area (Å²) >= 11 is 11.8. The highest BCUT2D eigenvalue weighted by molar-refractivity contribution is 6.41. The van der Waals surface area contributed by atoms with E-state index in [0.29, 0.717) is 16.1 Å². The summed E-state index contributed by atoms with van der Waals surface area (Å²) in [4.78, 5) is 4.11. The smallest absolute Gasteiger partial charge is 0.147 e. The van der Waals surface area contributed by atoms with Gasteiger partial charge in [0.05, 0.1) is 5.02 Å². The summed E-state index contributed by atoms with van der Waals surface area (Å²) in [5, 5.41) is 4.35. The van der Waals surface area contributed by atoms with E-state index in [0.717, 1.165) is 31.0 Å². The van der Waals surface area contributed by atoms with Crippen molar-refractivity contribution in [3.8, 4) is 0 Å². The molecule has 4 heteroatoms. The molecule has 3 rings (SSSR count). The van der Waals surface area contributed by atoms with Gasteiger partial charge in [-0.1, -0.05) is 29.3 Å². The van der Waals surface area contributed by atoms with Crippen LogP contribution in [-0.4, -0.2) is 18.1 Å². The van der Waals surface area contributed by atoms with Crippen LogP contribution < -0.4 is 5.32 Å². The summed E-state index contributed by atoms with van der Waals surface area (Å²) in [7, 11) is 0. The summed E-state index contributed by atoms with van der Waals surface area (Å²) in [5.74, 6) is 1.38. The Kier molecular flexibility index (Phi) is 2.66. The number of rotatable bonds is 1. The molecule has 0 amide bonds. The van der Waals surface area contributed by atoms with E-state index in [1.165, 1.54) is 5.57 Å². The second kappa shape index (κ2) is 4.02. The lowest BCUT2D eigenvalue weighted by atomic mass is 9.91. The first-order valence-electron chi connectivity index (χ1n) is 5.48. The Hall–Kier alpha value is -0.570. The van der Waals surface area contributed by atoms with Gasteiger partial charge in [0.2, 0.25) is 0 Å². The van der Waals surface area contributed by atoms with E-state index >= 15 is 0 Å². The van der Waals surface area contributed by atoms with Crippen molar-refractivity contribution in [2.45, 2.75) is 6.42 Å². The van der Waals surface area contributed by atoms with E-state index in [1.807, 2.05) is 12.3 Å². The number of aromatic nitrogens is 1. The predicted octanol–water partition coefficient (Wildman–Crippen LogP) is 3.01. The average molecular weight is 255 g/mol. The molecule has 84 valence electrons. The lowest BCUT2D eigenvalue weighted by Gasteiger charge is -2.13. The van der Waals surface area contributed by atoms with Crippen LogP contribution in [0.3, 0.4) is 0 Å². The predicted molar refractivity (Wildman–Crippen MR) is 66.7 cm³/mol. The van der Waals surface area contributed by atoms with Crippen LogP contribution in [0.15, 0.2) is 18.3 Å². The number of hydrogen-bond donors (Lipinski definition) is 1. The van der Waals surface area contributed by atoms with Gasteiger partial charge in [0, 0.05) is 18.7 Å². The van der Waals surface area contributed by atoms with Gasteiger partial charge in [-0.2, -0.15) is 0 Å². The monoisotopic (exact) mass is 254 g/mol. The molecule has 1 saturated heterocycles. The fourth-order valence-electron chi connectivity index (χ4n) is 2.69. The van der Waals surface area contributed by atoms with Crippen LogP contribution in [0, 0.1) is 11.8 Å². The first kappa shape index (κ1) is 10.6. The molecule has 1 aliphatic carbocycles. The van der Waals surface area contributed by atoms with Crippen molar-refractivity contribution in [3.05, 3.63) is 34.1 Å². The fourth-order valence-corrected chi connectivity index (χ4v) is 2.96. The van der Waals surface area contributed by atoms with E-state index < -0.39 is 0 Å². The minimum atomic E-state index is 0.380. The highest BCUT2D eigenvalue weighted by Gasteiger charge is 2.34. The van der Waals surface area contributed by atoms with Crippen LogP contribution in [0.5, 0.6) is 0 Å². The van der Waals surface area contributed by atoms with Crippen molar-refractivity contribution < 1.29 is 0 Å². The Morgan fingerprint density at radius 1 is 1.31 bits per heavy atom. The third kappa shape index (κ3) is 1.65. The molecular formula is C12H12Cl2N2. The van der Waals surface area contributed by atoms with Crippen LogP contribution in [0.25, 0.3) is 5.57 Å². The molecule has 2 unspecified atom stereocenters.